The van der Waals surface area contributed by atoms with Gasteiger partial charge in [0.2, 0.25) is 0 Å². The molecule has 1 nitrogen and oxygen atoms in total. The lowest BCUT2D eigenvalue weighted by atomic mass is 9.76. The van der Waals surface area contributed by atoms with E-state index in [0.717, 1.165) is 23.0 Å². The Morgan fingerprint density at radius 2 is 1.79 bits per heavy atom. The molecule has 0 amide bonds. The van der Waals surface area contributed by atoms with Gasteiger partial charge < -0.3 is 5.32 Å². The smallest absolute Gasteiger partial charge is 0.124 e. The second-order valence-electron chi connectivity index (χ2n) is 5.04. The number of nitrogens with one attached hydrogen (secondary N) is 1. The summed E-state index contributed by atoms with van der Waals surface area (Å²) in [6.07, 6.45) is 2.27. The molecule has 0 aliphatic heterocycles. The SMILES string of the molecule is Fc1ccc(NC2CC(c3ccccc3)C2)c(Br)c1. The molecule has 0 bridgehead atoms. The van der Waals surface area contributed by atoms with Crippen LogP contribution in [0.1, 0.15) is 24.3 Å². The standard InChI is InChI=1S/C16H15BrFN/c17-15-10-13(18)6-7-16(15)19-14-8-12(9-14)11-4-2-1-3-5-11/h1-7,10,12,14,19H,8-9H2. The molecule has 0 aromatic heterocycles. The Labute approximate surface area is 121 Å². The van der Waals surface area contributed by atoms with Crippen LogP contribution in [-0.2, 0) is 0 Å². The summed E-state index contributed by atoms with van der Waals surface area (Å²) in [6, 6.07) is 15.9. The van der Waals surface area contributed by atoms with Gasteiger partial charge in [0.05, 0.1) is 0 Å². The summed E-state index contributed by atoms with van der Waals surface area (Å²) >= 11 is 3.39. The summed E-state index contributed by atoms with van der Waals surface area (Å²) < 4.78 is 13.8. The van der Waals surface area contributed by atoms with Gasteiger partial charge in [0.1, 0.15) is 5.82 Å². The van der Waals surface area contributed by atoms with E-state index in [-0.39, 0.29) is 5.82 Å². The predicted molar refractivity (Wildman–Crippen MR) is 79.9 cm³/mol. The summed E-state index contributed by atoms with van der Waals surface area (Å²) in [7, 11) is 0. The van der Waals surface area contributed by atoms with E-state index < -0.39 is 0 Å². The second-order valence-corrected chi connectivity index (χ2v) is 5.90. The zero-order valence-corrected chi connectivity index (χ0v) is 12.0. The molecule has 1 saturated carbocycles. The monoisotopic (exact) mass is 319 g/mol. The van der Waals surface area contributed by atoms with Gasteiger partial charge >= 0.3 is 0 Å². The first-order valence-corrected chi connectivity index (χ1v) is 7.28. The summed E-state index contributed by atoms with van der Waals surface area (Å²) in [4.78, 5) is 0. The van der Waals surface area contributed by atoms with Crippen molar-refractivity contribution < 1.29 is 4.39 Å². The van der Waals surface area contributed by atoms with E-state index in [0.29, 0.717) is 12.0 Å². The number of halogens is 2. The lowest BCUT2D eigenvalue weighted by Crippen LogP contribution is -2.34. The van der Waals surface area contributed by atoms with Gasteiger partial charge in [0.15, 0.2) is 0 Å². The molecule has 0 saturated heterocycles. The van der Waals surface area contributed by atoms with Crippen LogP contribution < -0.4 is 5.32 Å². The first kappa shape index (κ1) is 12.7. The van der Waals surface area contributed by atoms with Gasteiger partial charge in [-0.2, -0.15) is 0 Å². The van der Waals surface area contributed by atoms with Gasteiger partial charge in [0.25, 0.3) is 0 Å². The van der Waals surface area contributed by atoms with Crippen LogP contribution in [0.2, 0.25) is 0 Å². The van der Waals surface area contributed by atoms with E-state index in [1.165, 1.54) is 17.7 Å². The van der Waals surface area contributed by atoms with Crippen molar-refractivity contribution in [2.24, 2.45) is 0 Å². The largest absolute Gasteiger partial charge is 0.381 e. The summed E-state index contributed by atoms with van der Waals surface area (Å²) in [5.74, 6) is 0.436. The molecule has 0 atom stereocenters. The van der Waals surface area contributed by atoms with E-state index in [9.17, 15) is 4.39 Å². The Bertz CT molecular complexity index is 564. The minimum Gasteiger partial charge on any atom is -0.381 e. The quantitative estimate of drug-likeness (QED) is 0.844. The number of benzene rings is 2. The van der Waals surface area contributed by atoms with Crippen molar-refractivity contribution >= 4 is 21.6 Å². The second kappa shape index (κ2) is 5.33. The van der Waals surface area contributed by atoms with Crippen LogP contribution in [0.25, 0.3) is 0 Å². The van der Waals surface area contributed by atoms with Gasteiger partial charge in [0, 0.05) is 16.2 Å². The third kappa shape index (κ3) is 2.81. The number of hydrogen-bond acceptors (Lipinski definition) is 1. The molecular formula is C16H15BrFN. The van der Waals surface area contributed by atoms with Crippen LogP contribution in [0.5, 0.6) is 0 Å². The number of anilines is 1. The van der Waals surface area contributed by atoms with Crippen LogP contribution >= 0.6 is 15.9 Å². The first-order chi connectivity index (χ1) is 9.22. The van der Waals surface area contributed by atoms with Crippen molar-refractivity contribution in [3.8, 4) is 0 Å². The Morgan fingerprint density at radius 3 is 2.47 bits per heavy atom. The molecule has 3 heteroatoms. The summed E-state index contributed by atoms with van der Waals surface area (Å²) in [5.41, 5.74) is 2.39. The molecule has 2 aromatic rings. The van der Waals surface area contributed by atoms with Crippen molar-refractivity contribution in [1.82, 2.24) is 0 Å². The fourth-order valence-corrected chi connectivity index (χ4v) is 3.02. The summed E-state index contributed by atoms with van der Waals surface area (Å²) in [5, 5.41) is 3.46. The molecule has 1 fully saturated rings. The normalized spacial score (nSPS) is 21.8. The zero-order valence-electron chi connectivity index (χ0n) is 10.4. The molecule has 2 aromatic carbocycles. The van der Waals surface area contributed by atoms with E-state index in [4.69, 9.17) is 0 Å². The molecule has 1 aliphatic rings. The maximum absolute atomic E-state index is 13.0. The molecule has 0 heterocycles. The van der Waals surface area contributed by atoms with Gasteiger partial charge in [-0.3, -0.25) is 0 Å². The zero-order chi connectivity index (χ0) is 13.2. The highest BCUT2D eigenvalue weighted by Gasteiger charge is 2.30. The number of hydrogen-bond donors (Lipinski definition) is 1. The molecule has 3 rings (SSSR count). The third-order valence-electron chi connectivity index (χ3n) is 3.70. The summed E-state index contributed by atoms with van der Waals surface area (Å²) in [6.45, 7) is 0. The molecule has 0 radical (unpaired) electrons. The minimum absolute atomic E-state index is 0.215. The van der Waals surface area contributed by atoms with Crippen molar-refractivity contribution in [1.29, 1.82) is 0 Å². The van der Waals surface area contributed by atoms with E-state index in [2.05, 4.69) is 45.5 Å². The Balaban J connectivity index is 1.60. The topological polar surface area (TPSA) is 12.0 Å². The average Bonchev–Trinajstić information content (AvgIpc) is 2.36. The maximum Gasteiger partial charge on any atom is 0.124 e. The van der Waals surface area contributed by atoms with Gasteiger partial charge in [-0.05, 0) is 58.5 Å². The highest BCUT2D eigenvalue weighted by molar-refractivity contribution is 9.10. The van der Waals surface area contributed by atoms with Gasteiger partial charge in [-0.15, -0.1) is 0 Å². The highest BCUT2D eigenvalue weighted by Crippen LogP contribution is 2.39. The highest BCUT2D eigenvalue weighted by atomic mass is 79.9. The fourth-order valence-electron chi connectivity index (χ4n) is 2.56. The molecular weight excluding hydrogens is 305 g/mol. The minimum atomic E-state index is -0.215. The molecule has 1 aliphatic carbocycles. The lowest BCUT2D eigenvalue weighted by molar-refractivity contribution is 0.374. The van der Waals surface area contributed by atoms with Crippen molar-refractivity contribution in [2.75, 3.05) is 5.32 Å². The Hall–Kier alpha value is -1.35. The van der Waals surface area contributed by atoms with Crippen LogP contribution in [0.3, 0.4) is 0 Å². The third-order valence-corrected chi connectivity index (χ3v) is 4.36. The fraction of sp³-hybridized carbons (Fsp3) is 0.250. The van der Waals surface area contributed by atoms with Crippen LogP contribution in [0.15, 0.2) is 53.0 Å². The molecule has 98 valence electrons. The van der Waals surface area contributed by atoms with E-state index in [1.54, 1.807) is 6.07 Å². The van der Waals surface area contributed by atoms with Crippen molar-refractivity contribution in [3.05, 3.63) is 64.4 Å². The van der Waals surface area contributed by atoms with Crippen LogP contribution in [0.4, 0.5) is 10.1 Å². The average molecular weight is 320 g/mol. The molecule has 0 spiro atoms. The molecule has 1 N–H and O–H groups in total. The predicted octanol–water partition coefficient (Wildman–Crippen LogP) is 4.95. The molecule has 19 heavy (non-hydrogen) atoms. The van der Waals surface area contributed by atoms with E-state index >= 15 is 0 Å². The van der Waals surface area contributed by atoms with Crippen molar-refractivity contribution in [2.45, 2.75) is 24.8 Å². The number of rotatable bonds is 3. The Morgan fingerprint density at radius 1 is 1.05 bits per heavy atom. The van der Waals surface area contributed by atoms with E-state index in [1.807, 2.05) is 6.07 Å². The van der Waals surface area contributed by atoms with Crippen LogP contribution in [0, 0.1) is 5.82 Å². The van der Waals surface area contributed by atoms with Crippen LogP contribution in [-0.4, -0.2) is 6.04 Å². The lowest BCUT2D eigenvalue weighted by Gasteiger charge is -2.37. The van der Waals surface area contributed by atoms with Crippen molar-refractivity contribution in [3.63, 3.8) is 0 Å². The maximum atomic E-state index is 13.0. The molecule has 0 unspecified atom stereocenters. The van der Waals surface area contributed by atoms with Gasteiger partial charge in [-0.1, -0.05) is 30.3 Å². The Kier molecular flexibility index (Phi) is 3.56. The van der Waals surface area contributed by atoms with Gasteiger partial charge in [-0.25, -0.2) is 4.39 Å². The first-order valence-electron chi connectivity index (χ1n) is 6.49.